The molecule has 0 saturated heterocycles. The zero-order chi connectivity index (χ0) is 18.6. The summed E-state index contributed by atoms with van der Waals surface area (Å²) in [5.41, 5.74) is 0.885. The van der Waals surface area contributed by atoms with Crippen LogP contribution in [0, 0.1) is 0 Å². The van der Waals surface area contributed by atoms with Crippen LogP contribution in [-0.2, 0) is 21.3 Å². The molecule has 0 atom stereocenters. The van der Waals surface area contributed by atoms with Gasteiger partial charge in [-0.05, 0) is 40.2 Å². The number of benzene rings is 2. The largest absolute Gasteiger partial charge is 0.496 e. The van der Waals surface area contributed by atoms with Crippen LogP contribution in [0.4, 0.5) is 0 Å². The summed E-state index contributed by atoms with van der Waals surface area (Å²) >= 11 is 3.22. The number of para-hydroxylation sites is 1. The van der Waals surface area contributed by atoms with Gasteiger partial charge in [-0.2, -0.15) is 4.31 Å². The van der Waals surface area contributed by atoms with Crippen LogP contribution in [0.15, 0.2) is 51.8 Å². The number of esters is 1. The normalized spacial score (nSPS) is 11.4. The number of rotatable bonds is 6. The maximum absolute atomic E-state index is 12.8. The SMILES string of the molecule is COC(=O)c1cc(S(=O)(=O)N(C)Cc2ccccc2OC)ccc1Br. The van der Waals surface area contributed by atoms with Crippen molar-refractivity contribution in [3.63, 3.8) is 0 Å². The van der Waals surface area contributed by atoms with E-state index in [0.29, 0.717) is 10.2 Å². The zero-order valence-corrected chi connectivity index (χ0v) is 16.4. The third kappa shape index (κ3) is 4.20. The number of ether oxygens (including phenoxy) is 2. The molecule has 2 aromatic carbocycles. The van der Waals surface area contributed by atoms with Gasteiger partial charge in [-0.1, -0.05) is 18.2 Å². The number of nitrogens with zero attached hydrogens (tertiary/aromatic N) is 1. The Morgan fingerprint density at radius 2 is 1.84 bits per heavy atom. The Morgan fingerprint density at radius 1 is 1.16 bits per heavy atom. The van der Waals surface area contributed by atoms with Crippen LogP contribution in [0.1, 0.15) is 15.9 Å². The molecule has 0 aliphatic carbocycles. The lowest BCUT2D eigenvalue weighted by atomic mass is 10.2. The highest BCUT2D eigenvalue weighted by Crippen LogP contribution is 2.26. The van der Waals surface area contributed by atoms with Gasteiger partial charge in [0.1, 0.15) is 5.75 Å². The first-order chi connectivity index (χ1) is 11.8. The molecule has 0 aliphatic heterocycles. The fraction of sp³-hybridized carbons (Fsp3) is 0.235. The Hall–Kier alpha value is -1.90. The summed E-state index contributed by atoms with van der Waals surface area (Å²) in [6.07, 6.45) is 0. The Bertz CT molecular complexity index is 882. The van der Waals surface area contributed by atoms with Gasteiger partial charge in [0.25, 0.3) is 0 Å². The van der Waals surface area contributed by atoms with Crippen LogP contribution >= 0.6 is 15.9 Å². The molecular weight excluding hydrogens is 410 g/mol. The summed E-state index contributed by atoms with van der Waals surface area (Å²) in [6, 6.07) is 11.4. The monoisotopic (exact) mass is 427 g/mol. The number of sulfonamides is 1. The molecule has 2 rings (SSSR count). The molecule has 0 saturated carbocycles. The number of carbonyl (C=O) groups is 1. The highest BCUT2D eigenvalue weighted by molar-refractivity contribution is 9.10. The molecule has 0 fully saturated rings. The topological polar surface area (TPSA) is 72.9 Å². The summed E-state index contributed by atoms with van der Waals surface area (Å²) in [5, 5.41) is 0. The smallest absolute Gasteiger partial charge is 0.339 e. The molecule has 0 amide bonds. The van der Waals surface area contributed by atoms with E-state index < -0.39 is 16.0 Å². The van der Waals surface area contributed by atoms with Crippen LogP contribution in [0.25, 0.3) is 0 Å². The van der Waals surface area contributed by atoms with Crippen molar-refractivity contribution >= 4 is 31.9 Å². The lowest BCUT2D eigenvalue weighted by molar-refractivity contribution is 0.0599. The van der Waals surface area contributed by atoms with Crippen LogP contribution in [0.5, 0.6) is 5.75 Å². The van der Waals surface area contributed by atoms with Crippen molar-refractivity contribution in [3.8, 4) is 5.75 Å². The Balaban J connectivity index is 2.36. The first-order valence-electron chi connectivity index (χ1n) is 7.27. The molecular formula is C17H18BrNO5S. The second-order valence-corrected chi connectivity index (χ2v) is 8.11. The molecule has 8 heteroatoms. The fourth-order valence-electron chi connectivity index (χ4n) is 2.27. The molecule has 0 radical (unpaired) electrons. The maximum Gasteiger partial charge on any atom is 0.339 e. The standard InChI is InChI=1S/C17H18BrNO5S/c1-19(11-12-6-4-5-7-16(12)23-2)25(21,22)13-8-9-15(18)14(10-13)17(20)24-3/h4-10H,11H2,1-3H3. The highest BCUT2D eigenvalue weighted by atomic mass is 79.9. The summed E-state index contributed by atoms with van der Waals surface area (Å²) in [5.74, 6) is -0.00749. The minimum atomic E-state index is -3.79. The molecule has 25 heavy (non-hydrogen) atoms. The van der Waals surface area contributed by atoms with Crippen molar-refractivity contribution in [1.82, 2.24) is 4.31 Å². The van der Waals surface area contributed by atoms with Crippen molar-refractivity contribution < 1.29 is 22.7 Å². The number of hydrogen-bond acceptors (Lipinski definition) is 5. The molecule has 134 valence electrons. The summed E-state index contributed by atoms with van der Waals surface area (Å²) < 4.78 is 37.3. The van der Waals surface area contributed by atoms with Gasteiger partial charge >= 0.3 is 5.97 Å². The first-order valence-corrected chi connectivity index (χ1v) is 9.50. The Labute approximate surface area is 155 Å². The van der Waals surface area contributed by atoms with Crippen molar-refractivity contribution in [2.45, 2.75) is 11.4 Å². The molecule has 0 bridgehead atoms. The molecule has 0 N–H and O–H groups in total. The van der Waals surface area contributed by atoms with E-state index in [4.69, 9.17) is 4.74 Å². The number of halogens is 1. The summed E-state index contributed by atoms with van der Waals surface area (Å²) in [6.45, 7) is 0.135. The van der Waals surface area contributed by atoms with E-state index in [9.17, 15) is 13.2 Å². The van der Waals surface area contributed by atoms with Gasteiger partial charge in [-0.3, -0.25) is 0 Å². The number of carbonyl (C=O) groups excluding carboxylic acids is 1. The van der Waals surface area contributed by atoms with Crippen LogP contribution in [-0.4, -0.2) is 40.0 Å². The maximum atomic E-state index is 12.8. The second kappa shape index (κ2) is 7.99. The van der Waals surface area contributed by atoms with Gasteiger partial charge in [0, 0.05) is 23.6 Å². The van der Waals surface area contributed by atoms with Gasteiger partial charge in [0.05, 0.1) is 24.7 Å². The average molecular weight is 428 g/mol. The second-order valence-electron chi connectivity index (χ2n) is 5.21. The van der Waals surface area contributed by atoms with Crippen molar-refractivity contribution in [2.24, 2.45) is 0 Å². The summed E-state index contributed by atoms with van der Waals surface area (Å²) in [7, 11) is 0.452. The average Bonchev–Trinajstić information content (AvgIpc) is 2.61. The third-order valence-electron chi connectivity index (χ3n) is 3.64. The van der Waals surface area contributed by atoms with E-state index >= 15 is 0 Å². The van der Waals surface area contributed by atoms with Crippen molar-refractivity contribution in [2.75, 3.05) is 21.3 Å². The summed E-state index contributed by atoms with van der Waals surface area (Å²) in [4.78, 5) is 11.8. The predicted octanol–water partition coefficient (Wildman–Crippen LogP) is 3.07. The molecule has 2 aromatic rings. The Kier molecular flexibility index (Phi) is 6.21. The molecule has 0 aliphatic rings. The number of methoxy groups -OCH3 is 2. The fourth-order valence-corrected chi connectivity index (χ4v) is 3.85. The van der Waals surface area contributed by atoms with E-state index in [1.54, 1.807) is 12.1 Å². The van der Waals surface area contributed by atoms with Gasteiger partial charge in [-0.25, -0.2) is 13.2 Å². The first kappa shape index (κ1) is 19.4. The third-order valence-corrected chi connectivity index (χ3v) is 6.13. The van der Waals surface area contributed by atoms with E-state index in [-0.39, 0.29) is 17.0 Å². The van der Waals surface area contributed by atoms with Crippen molar-refractivity contribution in [3.05, 3.63) is 58.1 Å². The molecule has 0 aromatic heterocycles. The lowest BCUT2D eigenvalue weighted by Gasteiger charge is -2.19. The minimum Gasteiger partial charge on any atom is -0.496 e. The highest BCUT2D eigenvalue weighted by Gasteiger charge is 2.24. The van der Waals surface area contributed by atoms with Gasteiger partial charge in [-0.15, -0.1) is 0 Å². The molecule has 0 spiro atoms. The van der Waals surface area contributed by atoms with Gasteiger partial charge in [0.15, 0.2) is 0 Å². The predicted molar refractivity (Wildman–Crippen MR) is 97.1 cm³/mol. The molecule has 0 heterocycles. The van der Waals surface area contributed by atoms with Crippen LogP contribution in [0.3, 0.4) is 0 Å². The van der Waals surface area contributed by atoms with E-state index in [1.165, 1.54) is 43.8 Å². The molecule has 6 nitrogen and oxygen atoms in total. The quantitative estimate of drug-likeness (QED) is 0.662. The van der Waals surface area contributed by atoms with E-state index in [1.807, 2.05) is 12.1 Å². The Morgan fingerprint density at radius 3 is 2.48 bits per heavy atom. The lowest BCUT2D eigenvalue weighted by Crippen LogP contribution is -2.27. The zero-order valence-electron chi connectivity index (χ0n) is 14.0. The minimum absolute atomic E-state index is 0.00787. The van der Waals surface area contributed by atoms with Gasteiger partial charge < -0.3 is 9.47 Å². The van der Waals surface area contributed by atoms with Crippen LogP contribution in [0.2, 0.25) is 0 Å². The van der Waals surface area contributed by atoms with Crippen molar-refractivity contribution in [1.29, 1.82) is 0 Å². The van der Waals surface area contributed by atoms with E-state index in [0.717, 1.165) is 5.56 Å². The number of hydrogen-bond donors (Lipinski definition) is 0. The molecule has 0 unspecified atom stereocenters. The van der Waals surface area contributed by atoms with E-state index in [2.05, 4.69) is 20.7 Å². The van der Waals surface area contributed by atoms with Crippen LogP contribution < -0.4 is 4.74 Å². The van der Waals surface area contributed by atoms with Gasteiger partial charge in [0.2, 0.25) is 10.0 Å².